The molecule has 0 amide bonds. The Morgan fingerprint density at radius 3 is 1.56 bits per heavy atom. The van der Waals surface area contributed by atoms with Crippen LogP contribution in [-0.4, -0.2) is 4.57 Å². The minimum Gasteiger partial charge on any atom is -0.310 e. The molecular formula is C64H42N2. The molecule has 0 radical (unpaired) electrons. The lowest BCUT2D eigenvalue weighted by molar-refractivity contribution is 1.18. The number of aromatic nitrogens is 1. The van der Waals surface area contributed by atoms with Crippen molar-refractivity contribution in [3.63, 3.8) is 0 Å². The van der Waals surface area contributed by atoms with Gasteiger partial charge in [-0.05, 0) is 132 Å². The van der Waals surface area contributed by atoms with Crippen molar-refractivity contribution in [1.29, 1.82) is 0 Å². The van der Waals surface area contributed by atoms with E-state index in [9.17, 15) is 0 Å². The van der Waals surface area contributed by atoms with Crippen LogP contribution >= 0.6 is 0 Å². The van der Waals surface area contributed by atoms with Crippen LogP contribution in [0.15, 0.2) is 255 Å². The molecule has 0 N–H and O–H groups in total. The van der Waals surface area contributed by atoms with Gasteiger partial charge in [0.05, 0.1) is 11.0 Å². The van der Waals surface area contributed by atoms with Crippen molar-refractivity contribution in [3.8, 4) is 39.1 Å². The van der Waals surface area contributed by atoms with E-state index in [1.165, 1.54) is 92.7 Å². The van der Waals surface area contributed by atoms with Crippen molar-refractivity contribution >= 4 is 82.0 Å². The normalized spacial score (nSPS) is 11.6. The molecule has 12 aromatic carbocycles. The van der Waals surface area contributed by atoms with Gasteiger partial charge in [-0.2, -0.15) is 0 Å². The number of nitrogens with zero attached hydrogens (tertiary/aromatic N) is 2. The minimum absolute atomic E-state index is 1.09. The molecule has 1 aromatic heterocycles. The summed E-state index contributed by atoms with van der Waals surface area (Å²) in [5, 5.41) is 12.5. The van der Waals surface area contributed by atoms with Gasteiger partial charge in [-0.1, -0.05) is 194 Å². The van der Waals surface area contributed by atoms with Gasteiger partial charge >= 0.3 is 0 Å². The molecule has 1 heterocycles. The van der Waals surface area contributed by atoms with E-state index in [-0.39, 0.29) is 0 Å². The molecule has 0 aliphatic rings. The smallest absolute Gasteiger partial charge is 0.0619 e. The molecule has 2 heteroatoms. The maximum atomic E-state index is 2.45. The largest absolute Gasteiger partial charge is 0.310 e. The molecular weight excluding hydrogens is 797 g/mol. The molecule has 308 valence electrons. The number of para-hydroxylation sites is 2. The lowest BCUT2D eigenvalue weighted by atomic mass is 9.96. The highest BCUT2D eigenvalue weighted by atomic mass is 15.1. The highest BCUT2D eigenvalue weighted by Crippen LogP contribution is 2.45. The van der Waals surface area contributed by atoms with Gasteiger partial charge in [-0.3, -0.25) is 0 Å². The molecule has 0 fully saturated rings. The van der Waals surface area contributed by atoms with Crippen LogP contribution in [0, 0.1) is 0 Å². The number of fused-ring (bicyclic) bond motifs is 9. The average Bonchev–Trinajstić information content (AvgIpc) is 3.74. The summed E-state index contributed by atoms with van der Waals surface area (Å²) >= 11 is 0. The zero-order valence-electron chi connectivity index (χ0n) is 36.1. The van der Waals surface area contributed by atoms with Crippen molar-refractivity contribution < 1.29 is 0 Å². The fourth-order valence-electron chi connectivity index (χ4n) is 10.4. The van der Waals surface area contributed by atoms with Crippen molar-refractivity contribution in [2.45, 2.75) is 0 Å². The monoisotopic (exact) mass is 838 g/mol. The van der Waals surface area contributed by atoms with E-state index < -0.39 is 0 Å². The first kappa shape index (κ1) is 37.8. The predicted molar refractivity (Wildman–Crippen MR) is 282 cm³/mol. The molecule has 0 spiro atoms. The number of rotatable bonds is 7. The third kappa shape index (κ3) is 6.26. The lowest BCUT2D eigenvalue weighted by Crippen LogP contribution is -2.10. The number of hydrogen-bond acceptors (Lipinski definition) is 1. The Labute approximate surface area is 383 Å². The molecule has 0 aliphatic carbocycles. The molecule has 2 nitrogen and oxygen atoms in total. The second-order valence-electron chi connectivity index (χ2n) is 17.3. The standard InChI is InChI=1S/C64H42N2/c1-3-14-44(15-4-1)60-25-12-26-61-63-59(24-13-27-62(63)66(64(60)61)51-19-5-2-6-20-51)48-18-11-21-53(41-48)65(54-37-39-58-50(42-54)31-29-46-17-8-10-23-56(46)58)52-35-32-43(33-36-52)47-34-38-57-49(40-47)30-28-45-16-7-9-22-55(45)57/h1-42H. The Balaban J connectivity index is 0.978. The zero-order valence-corrected chi connectivity index (χ0v) is 36.1. The van der Waals surface area contributed by atoms with Gasteiger partial charge < -0.3 is 9.47 Å². The topological polar surface area (TPSA) is 8.17 Å². The first-order chi connectivity index (χ1) is 32.7. The molecule has 0 saturated carbocycles. The van der Waals surface area contributed by atoms with Gasteiger partial charge in [-0.15, -0.1) is 0 Å². The first-order valence-corrected chi connectivity index (χ1v) is 22.7. The molecule has 0 aliphatic heterocycles. The van der Waals surface area contributed by atoms with Gasteiger partial charge in [0.25, 0.3) is 0 Å². The molecule has 0 atom stereocenters. The van der Waals surface area contributed by atoms with Crippen molar-refractivity contribution in [3.05, 3.63) is 255 Å². The predicted octanol–water partition coefficient (Wildman–Crippen LogP) is 17.9. The minimum atomic E-state index is 1.09. The second-order valence-corrected chi connectivity index (χ2v) is 17.3. The van der Waals surface area contributed by atoms with Gasteiger partial charge in [0.15, 0.2) is 0 Å². The Morgan fingerprint density at radius 1 is 0.273 bits per heavy atom. The Morgan fingerprint density at radius 2 is 0.803 bits per heavy atom. The Hall–Kier alpha value is -8.72. The fraction of sp³-hybridized carbons (Fsp3) is 0. The summed E-state index contributed by atoms with van der Waals surface area (Å²) in [5.74, 6) is 0. The van der Waals surface area contributed by atoms with Crippen LogP contribution in [0.25, 0.3) is 104 Å². The molecule has 13 aromatic rings. The van der Waals surface area contributed by atoms with E-state index in [2.05, 4.69) is 264 Å². The third-order valence-corrected chi connectivity index (χ3v) is 13.5. The Kier molecular flexibility index (Phi) is 8.89. The van der Waals surface area contributed by atoms with Crippen molar-refractivity contribution in [2.75, 3.05) is 4.90 Å². The quantitative estimate of drug-likeness (QED) is 0.145. The van der Waals surface area contributed by atoms with E-state index in [1.807, 2.05) is 0 Å². The van der Waals surface area contributed by atoms with Crippen LogP contribution in [-0.2, 0) is 0 Å². The number of anilines is 3. The third-order valence-electron chi connectivity index (χ3n) is 13.5. The molecule has 13 rings (SSSR count). The zero-order chi connectivity index (χ0) is 43.6. The molecule has 0 unspecified atom stereocenters. The van der Waals surface area contributed by atoms with Crippen LogP contribution in [0.5, 0.6) is 0 Å². The molecule has 66 heavy (non-hydrogen) atoms. The van der Waals surface area contributed by atoms with Crippen LogP contribution in [0.1, 0.15) is 0 Å². The number of hydrogen-bond donors (Lipinski definition) is 0. The summed E-state index contributed by atoms with van der Waals surface area (Å²) in [4.78, 5) is 2.41. The van der Waals surface area contributed by atoms with Gasteiger partial charge in [0, 0.05) is 39.1 Å². The van der Waals surface area contributed by atoms with E-state index in [4.69, 9.17) is 0 Å². The van der Waals surface area contributed by atoms with Gasteiger partial charge in [0.1, 0.15) is 0 Å². The summed E-state index contributed by atoms with van der Waals surface area (Å²) in [7, 11) is 0. The van der Waals surface area contributed by atoms with E-state index in [0.717, 1.165) is 28.3 Å². The summed E-state index contributed by atoms with van der Waals surface area (Å²) in [6.45, 7) is 0. The van der Waals surface area contributed by atoms with Crippen LogP contribution < -0.4 is 4.90 Å². The SMILES string of the molecule is c1ccc(-c2cccc3c4c(-c5cccc(N(c6ccc(-c7ccc8c(ccc9ccccc98)c7)cc6)c6ccc7c(ccc8ccccc87)c6)c5)cccc4n(-c4ccccc4)c23)cc1. The van der Waals surface area contributed by atoms with Gasteiger partial charge in [0.2, 0.25) is 0 Å². The second kappa shape index (κ2) is 15.5. The summed E-state index contributed by atoms with van der Waals surface area (Å²) < 4.78 is 2.45. The fourth-order valence-corrected chi connectivity index (χ4v) is 10.4. The Bertz CT molecular complexity index is 3980. The van der Waals surface area contributed by atoms with Crippen LogP contribution in [0.3, 0.4) is 0 Å². The highest BCUT2D eigenvalue weighted by Gasteiger charge is 2.21. The number of benzene rings is 12. The van der Waals surface area contributed by atoms with E-state index >= 15 is 0 Å². The summed E-state index contributed by atoms with van der Waals surface area (Å²) in [6.07, 6.45) is 0. The van der Waals surface area contributed by atoms with Crippen molar-refractivity contribution in [1.82, 2.24) is 4.57 Å². The summed E-state index contributed by atoms with van der Waals surface area (Å²) in [6, 6.07) is 93.3. The maximum Gasteiger partial charge on any atom is 0.0619 e. The molecule has 0 bridgehead atoms. The van der Waals surface area contributed by atoms with Crippen molar-refractivity contribution in [2.24, 2.45) is 0 Å². The van der Waals surface area contributed by atoms with Gasteiger partial charge in [-0.25, -0.2) is 0 Å². The maximum absolute atomic E-state index is 2.45. The molecule has 0 saturated heterocycles. The highest BCUT2D eigenvalue weighted by molar-refractivity contribution is 6.19. The lowest BCUT2D eigenvalue weighted by Gasteiger charge is -2.27. The summed E-state index contributed by atoms with van der Waals surface area (Å²) in [5.41, 5.74) is 14.0. The van der Waals surface area contributed by atoms with Crippen LogP contribution in [0.2, 0.25) is 0 Å². The van der Waals surface area contributed by atoms with Crippen LogP contribution in [0.4, 0.5) is 17.1 Å². The average molecular weight is 839 g/mol. The first-order valence-electron chi connectivity index (χ1n) is 22.7. The van der Waals surface area contributed by atoms with E-state index in [0.29, 0.717) is 0 Å². The van der Waals surface area contributed by atoms with E-state index in [1.54, 1.807) is 0 Å².